The van der Waals surface area contributed by atoms with E-state index in [2.05, 4.69) is 9.98 Å². The van der Waals surface area contributed by atoms with Gasteiger partial charge in [0.05, 0.1) is 0 Å². The molecule has 1 unspecified atom stereocenters. The van der Waals surface area contributed by atoms with Crippen molar-refractivity contribution in [1.29, 1.82) is 0 Å². The van der Waals surface area contributed by atoms with E-state index in [0.29, 0.717) is 29.0 Å². The van der Waals surface area contributed by atoms with Crippen LogP contribution in [0.5, 0.6) is 5.75 Å². The number of aliphatic imine (C=N–C) groups is 1. The first kappa shape index (κ1) is 17.1. The Bertz CT molecular complexity index is 1010. The van der Waals surface area contributed by atoms with E-state index in [1.807, 2.05) is 0 Å². The zero-order chi connectivity index (χ0) is 19.5. The molecule has 1 aromatic carbocycles. The number of hydrogen-bond donors (Lipinski definition) is 1. The van der Waals surface area contributed by atoms with Gasteiger partial charge in [0.15, 0.2) is 5.96 Å². The predicted octanol–water partition coefficient (Wildman–Crippen LogP) is 1.81. The van der Waals surface area contributed by atoms with E-state index in [1.54, 1.807) is 37.4 Å². The lowest BCUT2D eigenvalue weighted by molar-refractivity contribution is -0.151. The van der Waals surface area contributed by atoms with Crippen LogP contribution in [-0.4, -0.2) is 47.6 Å². The lowest BCUT2D eigenvalue weighted by Crippen LogP contribution is -2.58. The van der Waals surface area contributed by atoms with Crippen molar-refractivity contribution in [2.24, 2.45) is 10.7 Å². The van der Waals surface area contributed by atoms with Crippen molar-refractivity contribution in [2.75, 3.05) is 13.7 Å². The van der Waals surface area contributed by atoms with Crippen molar-refractivity contribution in [1.82, 2.24) is 9.88 Å². The van der Waals surface area contributed by atoms with Gasteiger partial charge in [-0.2, -0.15) is 4.39 Å². The highest BCUT2D eigenvalue weighted by atomic mass is 19.1. The number of nitrogens with two attached hydrogens (primary N) is 1. The highest BCUT2D eigenvalue weighted by Gasteiger charge is 2.61. The normalized spacial score (nSPS) is 28.6. The van der Waals surface area contributed by atoms with E-state index in [0.717, 1.165) is 12.8 Å². The molecule has 1 spiro atoms. The minimum absolute atomic E-state index is 0.128. The molecule has 1 amide bonds. The van der Waals surface area contributed by atoms with Crippen LogP contribution in [0.3, 0.4) is 0 Å². The number of ether oxygens (including phenoxy) is 2. The molecule has 3 atom stereocenters. The van der Waals surface area contributed by atoms with Gasteiger partial charge < -0.3 is 15.2 Å². The van der Waals surface area contributed by atoms with Crippen molar-refractivity contribution in [3.63, 3.8) is 0 Å². The highest BCUT2D eigenvalue weighted by Crippen LogP contribution is 2.49. The predicted molar refractivity (Wildman–Crippen MR) is 99.1 cm³/mol. The van der Waals surface area contributed by atoms with Crippen molar-refractivity contribution in [2.45, 2.75) is 30.6 Å². The van der Waals surface area contributed by atoms with Gasteiger partial charge in [0.1, 0.15) is 18.0 Å². The van der Waals surface area contributed by atoms with Crippen LogP contribution in [0.15, 0.2) is 41.5 Å². The maximum Gasteiger partial charge on any atom is 0.264 e. The molecule has 5 rings (SSSR count). The third-order valence-electron chi connectivity index (χ3n) is 5.68. The Morgan fingerprint density at radius 2 is 2.21 bits per heavy atom. The van der Waals surface area contributed by atoms with Crippen LogP contribution in [0.2, 0.25) is 0 Å². The first-order valence-corrected chi connectivity index (χ1v) is 9.19. The maximum atomic E-state index is 14.3. The summed E-state index contributed by atoms with van der Waals surface area (Å²) in [6.07, 6.45) is 2.11. The number of aromatic nitrogens is 1. The minimum atomic E-state index is -1.33. The van der Waals surface area contributed by atoms with Gasteiger partial charge in [-0.05, 0) is 42.7 Å². The minimum Gasteiger partial charge on any atom is -0.487 e. The Hall–Kier alpha value is -3.00. The summed E-state index contributed by atoms with van der Waals surface area (Å²) in [6.45, 7) is 0.519. The summed E-state index contributed by atoms with van der Waals surface area (Å²) < 4.78 is 26.4. The summed E-state index contributed by atoms with van der Waals surface area (Å²) in [5, 5.41) is 0. The SMILES string of the molecule is CN1C(=O)C2(N=C1N)c1cc(-c3cccnc3F)ccc1O[C@H]1CCCO[C@H]12. The molecule has 28 heavy (non-hydrogen) atoms. The summed E-state index contributed by atoms with van der Waals surface area (Å²) in [4.78, 5) is 23.0. The molecule has 1 saturated heterocycles. The Balaban J connectivity index is 1.74. The van der Waals surface area contributed by atoms with Gasteiger partial charge in [-0.15, -0.1) is 0 Å². The lowest BCUT2D eigenvalue weighted by Gasteiger charge is -2.45. The fraction of sp³-hybridized carbons (Fsp3) is 0.350. The average molecular weight is 382 g/mol. The summed E-state index contributed by atoms with van der Waals surface area (Å²) in [7, 11) is 1.59. The van der Waals surface area contributed by atoms with Gasteiger partial charge in [0.2, 0.25) is 11.5 Å². The molecule has 1 aromatic heterocycles. The number of benzene rings is 1. The van der Waals surface area contributed by atoms with Crippen molar-refractivity contribution < 1.29 is 18.7 Å². The first-order valence-electron chi connectivity index (χ1n) is 9.19. The fourth-order valence-corrected chi connectivity index (χ4v) is 4.30. The molecule has 2 N–H and O–H groups in total. The molecule has 0 bridgehead atoms. The molecule has 1 fully saturated rings. The molecule has 2 aromatic rings. The molecule has 0 aliphatic carbocycles. The number of hydrogen-bond acceptors (Lipinski definition) is 6. The maximum absolute atomic E-state index is 14.3. The van der Waals surface area contributed by atoms with Crippen molar-refractivity contribution in [3.8, 4) is 16.9 Å². The van der Waals surface area contributed by atoms with Crippen molar-refractivity contribution in [3.05, 3.63) is 48.0 Å². The third kappa shape index (κ3) is 2.21. The number of nitrogens with zero attached hydrogens (tertiary/aromatic N) is 3. The van der Waals surface area contributed by atoms with E-state index in [9.17, 15) is 9.18 Å². The number of likely N-dealkylation sites (N-methyl/N-ethyl adjacent to an activating group) is 1. The summed E-state index contributed by atoms with van der Waals surface area (Å²) >= 11 is 0. The Kier molecular flexibility index (Phi) is 3.67. The van der Waals surface area contributed by atoms with Gasteiger partial charge in [-0.1, -0.05) is 6.07 Å². The smallest absolute Gasteiger partial charge is 0.264 e. The largest absolute Gasteiger partial charge is 0.487 e. The first-order chi connectivity index (χ1) is 13.5. The summed E-state index contributed by atoms with van der Waals surface area (Å²) in [5.41, 5.74) is 6.14. The summed E-state index contributed by atoms with van der Waals surface area (Å²) in [5.74, 6) is -0.183. The van der Waals surface area contributed by atoms with Crippen LogP contribution in [0.4, 0.5) is 4.39 Å². The number of pyridine rings is 1. The second-order valence-electron chi connectivity index (χ2n) is 7.24. The molecule has 3 aliphatic heterocycles. The van der Waals surface area contributed by atoms with Crippen LogP contribution in [0.1, 0.15) is 18.4 Å². The van der Waals surface area contributed by atoms with Gasteiger partial charge in [-0.3, -0.25) is 9.69 Å². The zero-order valence-electron chi connectivity index (χ0n) is 15.3. The molecular weight excluding hydrogens is 363 g/mol. The number of guanidine groups is 1. The van der Waals surface area contributed by atoms with Crippen LogP contribution in [0.25, 0.3) is 11.1 Å². The molecule has 3 aliphatic rings. The molecule has 0 radical (unpaired) electrons. The highest BCUT2D eigenvalue weighted by molar-refractivity contribution is 6.08. The van der Waals surface area contributed by atoms with E-state index < -0.39 is 17.6 Å². The average Bonchev–Trinajstić information content (AvgIpc) is 2.93. The quantitative estimate of drug-likeness (QED) is 0.760. The van der Waals surface area contributed by atoms with Crippen LogP contribution in [-0.2, 0) is 15.1 Å². The molecular formula is C20H19FN4O3. The fourth-order valence-electron chi connectivity index (χ4n) is 4.30. The standard InChI is InChI=1S/C20H19FN4O3/c1-25-18(26)20(24-19(25)22)13-10-11(12-4-2-8-23-17(12)21)6-7-14(13)28-15-5-3-9-27-16(15)20/h2,4,6-8,10,15-16H,3,5,9H2,1H3,(H2,22,24)/t15-,16+,20?/m0/s1. The van der Waals surface area contributed by atoms with Gasteiger partial charge in [0.25, 0.3) is 5.91 Å². The Labute approximate surface area is 161 Å². The van der Waals surface area contributed by atoms with Gasteiger partial charge >= 0.3 is 0 Å². The third-order valence-corrected chi connectivity index (χ3v) is 5.68. The van der Waals surface area contributed by atoms with Crippen LogP contribution >= 0.6 is 0 Å². The molecule has 7 nitrogen and oxygen atoms in total. The zero-order valence-corrected chi connectivity index (χ0v) is 15.3. The monoisotopic (exact) mass is 382 g/mol. The molecule has 0 saturated carbocycles. The van der Waals surface area contributed by atoms with Crippen LogP contribution < -0.4 is 10.5 Å². The summed E-state index contributed by atoms with van der Waals surface area (Å²) in [6, 6.07) is 8.54. The second-order valence-corrected chi connectivity index (χ2v) is 7.24. The van der Waals surface area contributed by atoms with Gasteiger partial charge in [-0.25, -0.2) is 9.98 Å². The van der Waals surface area contributed by atoms with Crippen molar-refractivity contribution >= 4 is 11.9 Å². The molecule has 8 heteroatoms. The molecule has 144 valence electrons. The number of carbonyl (C=O) groups excluding carboxylic acids is 1. The number of rotatable bonds is 1. The Morgan fingerprint density at radius 3 is 2.96 bits per heavy atom. The number of amides is 1. The lowest BCUT2D eigenvalue weighted by atomic mass is 9.76. The van der Waals surface area contributed by atoms with E-state index in [1.165, 1.54) is 11.1 Å². The van der Waals surface area contributed by atoms with E-state index >= 15 is 0 Å². The topological polar surface area (TPSA) is 90.0 Å². The number of halogens is 1. The second kappa shape index (κ2) is 6.00. The van der Waals surface area contributed by atoms with E-state index in [-0.39, 0.29) is 18.0 Å². The molecule has 4 heterocycles. The number of fused-ring (bicyclic) bond motifs is 4. The van der Waals surface area contributed by atoms with Gasteiger partial charge in [0, 0.05) is 31.0 Å². The van der Waals surface area contributed by atoms with E-state index in [4.69, 9.17) is 15.2 Å². The number of carbonyl (C=O) groups is 1. The Morgan fingerprint density at radius 1 is 1.36 bits per heavy atom. The van der Waals surface area contributed by atoms with Crippen LogP contribution in [0, 0.1) is 5.95 Å².